The Morgan fingerprint density at radius 1 is 1.12 bits per heavy atom. The first-order valence-corrected chi connectivity index (χ1v) is 8.59. The van der Waals surface area contributed by atoms with E-state index >= 15 is 0 Å². The molecule has 1 heterocycles. The van der Waals surface area contributed by atoms with Crippen LogP contribution in [0, 0.1) is 28.6 Å². The molecular formula is C21H21NO3. The lowest BCUT2D eigenvalue weighted by Crippen LogP contribution is -2.22. The van der Waals surface area contributed by atoms with Crippen LogP contribution in [0.15, 0.2) is 54.6 Å². The maximum atomic E-state index is 9.58. The summed E-state index contributed by atoms with van der Waals surface area (Å²) in [7, 11) is 0. The Bertz CT molecular complexity index is 796. The van der Waals surface area contributed by atoms with Crippen molar-refractivity contribution in [1.82, 2.24) is 0 Å². The number of hydrogen-bond donors (Lipinski definition) is 0. The van der Waals surface area contributed by atoms with Gasteiger partial charge in [-0.1, -0.05) is 44.2 Å². The Morgan fingerprint density at radius 2 is 1.88 bits per heavy atom. The van der Waals surface area contributed by atoms with Gasteiger partial charge < -0.3 is 14.2 Å². The first kappa shape index (κ1) is 16.1. The molecule has 2 aromatic rings. The minimum atomic E-state index is -0.667. The van der Waals surface area contributed by atoms with E-state index in [2.05, 4.69) is 19.9 Å². The summed E-state index contributed by atoms with van der Waals surface area (Å²) < 4.78 is 17.6. The second-order valence-corrected chi connectivity index (χ2v) is 7.29. The van der Waals surface area contributed by atoms with Crippen molar-refractivity contribution in [2.75, 3.05) is 6.61 Å². The molecule has 0 bridgehead atoms. The highest BCUT2D eigenvalue weighted by atomic mass is 16.7. The molecule has 2 aliphatic rings. The Hall–Kier alpha value is -2.35. The van der Waals surface area contributed by atoms with Gasteiger partial charge in [0.2, 0.25) is 0 Å². The Labute approximate surface area is 147 Å². The quantitative estimate of drug-likeness (QED) is 0.795. The predicted molar refractivity (Wildman–Crippen MR) is 92.9 cm³/mol. The van der Waals surface area contributed by atoms with E-state index in [0.717, 1.165) is 17.9 Å². The van der Waals surface area contributed by atoms with Crippen LogP contribution in [0.1, 0.15) is 25.5 Å². The van der Waals surface area contributed by atoms with Gasteiger partial charge in [0.05, 0.1) is 12.7 Å². The molecule has 0 amide bonds. The molecule has 0 aromatic heterocycles. The zero-order valence-electron chi connectivity index (χ0n) is 14.4. The van der Waals surface area contributed by atoms with Gasteiger partial charge in [-0.3, -0.25) is 0 Å². The van der Waals surface area contributed by atoms with Crippen LogP contribution in [0.2, 0.25) is 0 Å². The van der Waals surface area contributed by atoms with E-state index in [1.165, 1.54) is 0 Å². The number of nitrogens with zero attached hydrogens (tertiary/aromatic N) is 1. The van der Waals surface area contributed by atoms with Crippen molar-refractivity contribution in [1.29, 1.82) is 5.26 Å². The van der Waals surface area contributed by atoms with Crippen LogP contribution in [-0.2, 0) is 9.47 Å². The Morgan fingerprint density at radius 3 is 2.56 bits per heavy atom. The zero-order chi connectivity index (χ0) is 17.4. The number of benzene rings is 2. The van der Waals surface area contributed by atoms with Crippen molar-refractivity contribution in [2.45, 2.75) is 26.2 Å². The van der Waals surface area contributed by atoms with Crippen LogP contribution < -0.4 is 4.74 Å². The highest BCUT2D eigenvalue weighted by Gasteiger charge is 2.66. The molecule has 1 aliphatic heterocycles. The molecule has 4 rings (SSSR count). The lowest BCUT2D eigenvalue weighted by molar-refractivity contribution is -0.158. The third-order valence-corrected chi connectivity index (χ3v) is 5.40. The highest BCUT2D eigenvalue weighted by molar-refractivity contribution is 5.36. The molecule has 1 saturated heterocycles. The molecule has 0 spiro atoms. The van der Waals surface area contributed by atoms with E-state index < -0.39 is 6.10 Å². The van der Waals surface area contributed by atoms with Gasteiger partial charge in [0.25, 0.3) is 0 Å². The van der Waals surface area contributed by atoms with E-state index in [9.17, 15) is 5.26 Å². The van der Waals surface area contributed by atoms with Crippen LogP contribution in [-0.4, -0.2) is 12.9 Å². The van der Waals surface area contributed by atoms with E-state index in [0.29, 0.717) is 17.6 Å². The first-order chi connectivity index (χ1) is 12.1. The van der Waals surface area contributed by atoms with Crippen molar-refractivity contribution >= 4 is 0 Å². The Balaban J connectivity index is 1.48. The summed E-state index contributed by atoms with van der Waals surface area (Å²) in [6, 6.07) is 19.3. The van der Waals surface area contributed by atoms with Gasteiger partial charge in [-0.2, -0.15) is 5.26 Å². The monoisotopic (exact) mass is 335 g/mol. The number of nitriles is 1. The lowest BCUT2D eigenvalue weighted by Gasteiger charge is -2.21. The third-order valence-electron chi connectivity index (χ3n) is 5.40. The second kappa shape index (κ2) is 6.18. The standard InChI is InChI=1S/C21H21NO3/c1-21(2)17-13-23-20(19(17)21)25-18(12-22)14-7-6-10-16(11-14)24-15-8-4-3-5-9-15/h3-11,17-20H,13H2,1-2H3/t17-,18-,19-,20+/m0/s1. The molecule has 0 radical (unpaired) electrons. The molecule has 0 unspecified atom stereocenters. The topological polar surface area (TPSA) is 51.5 Å². The third kappa shape index (κ3) is 3.02. The van der Waals surface area contributed by atoms with Crippen molar-refractivity contribution in [2.24, 2.45) is 17.3 Å². The summed E-state index contributed by atoms with van der Waals surface area (Å²) in [5.74, 6) is 2.37. The smallest absolute Gasteiger partial charge is 0.172 e. The molecule has 4 nitrogen and oxygen atoms in total. The summed E-state index contributed by atoms with van der Waals surface area (Å²) in [6.45, 7) is 5.19. The summed E-state index contributed by atoms with van der Waals surface area (Å²) in [5.41, 5.74) is 1.03. The number of para-hydroxylation sites is 1. The van der Waals surface area contributed by atoms with Crippen molar-refractivity contribution in [3.63, 3.8) is 0 Å². The zero-order valence-corrected chi connectivity index (χ0v) is 14.4. The summed E-state index contributed by atoms with van der Waals surface area (Å²) >= 11 is 0. The molecule has 2 fully saturated rings. The predicted octanol–water partition coefficient (Wildman–Crippen LogP) is 4.69. The average molecular weight is 335 g/mol. The van der Waals surface area contributed by atoms with E-state index in [1.54, 1.807) is 0 Å². The van der Waals surface area contributed by atoms with Gasteiger partial charge in [0.15, 0.2) is 12.4 Å². The SMILES string of the molecule is CC1(C)[C@@H]2[C@@H](O[C@@H](C#N)c3cccc(Oc4ccccc4)c3)OC[C@@H]21. The van der Waals surface area contributed by atoms with Gasteiger partial charge >= 0.3 is 0 Å². The fourth-order valence-electron chi connectivity index (χ4n) is 3.75. The largest absolute Gasteiger partial charge is 0.457 e. The fraction of sp³-hybridized carbons (Fsp3) is 0.381. The first-order valence-electron chi connectivity index (χ1n) is 8.59. The van der Waals surface area contributed by atoms with Crippen molar-refractivity contribution in [3.05, 3.63) is 60.2 Å². The average Bonchev–Trinajstić information content (AvgIpc) is 2.95. The highest BCUT2D eigenvalue weighted by Crippen LogP contribution is 2.64. The second-order valence-electron chi connectivity index (χ2n) is 7.29. The minimum Gasteiger partial charge on any atom is -0.457 e. The van der Waals surface area contributed by atoms with Gasteiger partial charge in [-0.05, 0) is 41.2 Å². The fourth-order valence-corrected chi connectivity index (χ4v) is 3.75. The van der Waals surface area contributed by atoms with Gasteiger partial charge in [-0.15, -0.1) is 0 Å². The molecule has 0 N–H and O–H groups in total. The summed E-state index contributed by atoms with van der Waals surface area (Å²) in [6.07, 6.45) is -0.970. The number of ether oxygens (including phenoxy) is 3. The van der Waals surface area contributed by atoms with E-state index in [4.69, 9.17) is 14.2 Å². The number of rotatable bonds is 5. The van der Waals surface area contributed by atoms with Crippen molar-refractivity contribution in [3.8, 4) is 17.6 Å². The molecule has 2 aromatic carbocycles. The molecule has 4 heteroatoms. The molecular weight excluding hydrogens is 314 g/mol. The van der Waals surface area contributed by atoms with E-state index in [-0.39, 0.29) is 11.7 Å². The number of fused-ring (bicyclic) bond motifs is 1. The Kier molecular flexibility index (Phi) is 3.99. The van der Waals surface area contributed by atoms with Crippen LogP contribution in [0.5, 0.6) is 11.5 Å². The van der Waals surface area contributed by atoms with Crippen LogP contribution >= 0.6 is 0 Å². The van der Waals surface area contributed by atoms with Crippen LogP contribution in [0.25, 0.3) is 0 Å². The van der Waals surface area contributed by atoms with Gasteiger partial charge in [0, 0.05) is 5.92 Å². The summed E-state index contributed by atoms with van der Waals surface area (Å²) in [4.78, 5) is 0. The van der Waals surface area contributed by atoms with Crippen LogP contribution in [0.4, 0.5) is 0 Å². The lowest BCUT2D eigenvalue weighted by atomic mass is 10.1. The van der Waals surface area contributed by atoms with Gasteiger partial charge in [-0.25, -0.2) is 0 Å². The summed E-state index contributed by atoms with van der Waals surface area (Å²) in [5, 5.41) is 9.58. The normalized spacial score (nSPS) is 27.2. The molecule has 4 atom stereocenters. The molecule has 1 saturated carbocycles. The van der Waals surface area contributed by atoms with Crippen LogP contribution in [0.3, 0.4) is 0 Å². The number of hydrogen-bond acceptors (Lipinski definition) is 4. The van der Waals surface area contributed by atoms with Crippen molar-refractivity contribution < 1.29 is 14.2 Å². The van der Waals surface area contributed by atoms with E-state index in [1.807, 2.05) is 54.6 Å². The molecule has 128 valence electrons. The minimum absolute atomic E-state index is 0.251. The maximum Gasteiger partial charge on any atom is 0.172 e. The molecule has 1 aliphatic carbocycles. The maximum absolute atomic E-state index is 9.58. The van der Waals surface area contributed by atoms with Gasteiger partial charge in [0.1, 0.15) is 11.5 Å². The molecule has 25 heavy (non-hydrogen) atoms.